The van der Waals surface area contributed by atoms with E-state index >= 15 is 0 Å². The maximum Gasteiger partial charge on any atom is 0.168 e. The minimum atomic E-state index is -1.24. The molecule has 0 aliphatic rings. The lowest BCUT2D eigenvalue weighted by atomic mass is 10.1. The van der Waals surface area contributed by atoms with E-state index in [9.17, 15) is 9.35 Å². The Morgan fingerprint density at radius 2 is 2.04 bits per heavy atom. The molecular formula is C18H23ClN2O3S. The number of carbonyl (C=O) groups excluding carboxylic acids is 1. The minimum Gasteiger partial charge on any atom is -0.598 e. The lowest BCUT2D eigenvalue weighted by Crippen LogP contribution is -2.39. The number of pyridine rings is 1. The van der Waals surface area contributed by atoms with E-state index in [1.165, 1.54) is 0 Å². The number of halogens is 1. The first-order valence-electron chi connectivity index (χ1n) is 8.02. The molecule has 2 aromatic rings. The Balaban J connectivity index is 2.37. The number of aromatic nitrogens is 1. The molecule has 1 atom stereocenters. The number of nitrogens with one attached hydrogen (secondary N) is 1. The van der Waals surface area contributed by atoms with Crippen molar-refractivity contribution in [2.45, 2.75) is 52.0 Å². The maximum atomic E-state index is 12.2. The summed E-state index contributed by atoms with van der Waals surface area (Å²) in [6, 6.07) is 5.33. The number of carbonyl (C=O) groups is 1. The summed E-state index contributed by atoms with van der Waals surface area (Å²) in [7, 11) is 0. The zero-order chi connectivity index (χ0) is 18.8. The van der Waals surface area contributed by atoms with Crippen LogP contribution < -0.4 is 9.46 Å². The molecule has 1 N–H and O–H groups in total. The molecule has 7 heteroatoms. The number of ether oxygens (including phenoxy) is 1. The van der Waals surface area contributed by atoms with Gasteiger partial charge in [-0.1, -0.05) is 11.6 Å². The summed E-state index contributed by atoms with van der Waals surface area (Å²) >= 11 is 5.04. The Morgan fingerprint density at radius 3 is 2.60 bits per heavy atom. The molecule has 0 saturated heterocycles. The number of hydrogen-bond acceptors (Lipinski definition) is 5. The number of nitrogens with zero attached hydrogens (tertiary/aromatic N) is 1. The van der Waals surface area contributed by atoms with E-state index in [1.807, 2.05) is 40.7 Å². The van der Waals surface area contributed by atoms with Crippen LogP contribution in [0.4, 0.5) is 0 Å². The number of benzene rings is 1. The fourth-order valence-corrected chi connectivity index (χ4v) is 3.12. The van der Waals surface area contributed by atoms with Crippen molar-refractivity contribution >= 4 is 40.2 Å². The van der Waals surface area contributed by atoms with Crippen molar-refractivity contribution in [1.29, 1.82) is 0 Å². The smallest absolute Gasteiger partial charge is 0.168 e. The highest BCUT2D eigenvalue weighted by atomic mass is 35.5. The van der Waals surface area contributed by atoms with Crippen LogP contribution in [0.2, 0.25) is 5.02 Å². The molecule has 0 fully saturated rings. The van der Waals surface area contributed by atoms with Gasteiger partial charge in [0.05, 0.1) is 23.2 Å². The summed E-state index contributed by atoms with van der Waals surface area (Å²) in [4.78, 5) is 15.8. The molecule has 0 radical (unpaired) electrons. The van der Waals surface area contributed by atoms with Crippen LogP contribution in [0, 0.1) is 0 Å². The minimum absolute atomic E-state index is 0.0173. The third-order valence-electron chi connectivity index (χ3n) is 3.41. The van der Waals surface area contributed by atoms with Gasteiger partial charge in [-0.25, -0.2) is 4.98 Å². The summed E-state index contributed by atoms with van der Waals surface area (Å²) in [5, 5.41) is 1.28. The summed E-state index contributed by atoms with van der Waals surface area (Å²) in [5.74, 6) is 0.535. The van der Waals surface area contributed by atoms with Crippen molar-refractivity contribution in [3.05, 3.63) is 34.5 Å². The summed E-state index contributed by atoms with van der Waals surface area (Å²) in [6.07, 6.45) is 0.685. The average molecular weight is 383 g/mol. The zero-order valence-corrected chi connectivity index (χ0v) is 16.6. The SMILES string of the molecule is CC(C)Oc1cc2nc(C=O)c(CN[S+]([O-])C(C)(C)C)cc2cc1Cl. The van der Waals surface area contributed by atoms with Crippen LogP contribution in [0.1, 0.15) is 50.7 Å². The highest BCUT2D eigenvalue weighted by Crippen LogP contribution is 2.31. The Bertz CT molecular complexity index is 775. The monoisotopic (exact) mass is 382 g/mol. The Hall–Kier alpha value is -1.34. The molecule has 0 amide bonds. The van der Waals surface area contributed by atoms with Crippen LogP contribution in [0.15, 0.2) is 18.2 Å². The van der Waals surface area contributed by atoms with Crippen molar-refractivity contribution in [3.8, 4) is 5.75 Å². The summed E-state index contributed by atoms with van der Waals surface area (Å²) in [5.41, 5.74) is 1.61. The molecule has 0 bridgehead atoms. The third-order valence-corrected chi connectivity index (χ3v) is 5.22. The van der Waals surface area contributed by atoms with E-state index in [4.69, 9.17) is 16.3 Å². The number of hydrogen-bond donors (Lipinski definition) is 1. The Morgan fingerprint density at radius 1 is 1.36 bits per heavy atom. The van der Waals surface area contributed by atoms with Crippen molar-refractivity contribution in [3.63, 3.8) is 0 Å². The zero-order valence-electron chi connectivity index (χ0n) is 15.1. The van der Waals surface area contributed by atoms with Gasteiger partial charge in [-0.2, -0.15) is 0 Å². The maximum absolute atomic E-state index is 12.2. The normalized spacial score (nSPS) is 13.3. The van der Waals surface area contributed by atoms with Crippen molar-refractivity contribution in [2.24, 2.45) is 0 Å². The van der Waals surface area contributed by atoms with Crippen LogP contribution in [-0.4, -0.2) is 26.7 Å². The van der Waals surface area contributed by atoms with Gasteiger partial charge in [0.2, 0.25) is 0 Å². The van der Waals surface area contributed by atoms with Gasteiger partial charge in [0, 0.05) is 28.4 Å². The molecule has 0 saturated carbocycles. The van der Waals surface area contributed by atoms with E-state index in [-0.39, 0.29) is 12.6 Å². The van der Waals surface area contributed by atoms with Crippen LogP contribution in [0.25, 0.3) is 10.9 Å². The van der Waals surface area contributed by atoms with Crippen molar-refractivity contribution in [1.82, 2.24) is 9.71 Å². The topological polar surface area (TPSA) is 74.3 Å². The van der Waals surface area contributed by atoms with Crippen LogP contribution in [0.5, 0.6) is 5.75 Å². The van der Waals surface area contributed by atoms with Crippen molar-refractivity contribution < 1.29 is 14.1 Å². The number of rotatable bonds is 6. The standard InChI is InChI=1S/C18H23ClN2O3S/c1-11(2)24-17-8-15-12(7-14(17)19)6-13(16(10-22)21-15)9-20-25(23)18(3,4)5/h6-8,10-11,20H,9H2,1-5H3. The Labute approximate surface area is 156 Å². The molecule has 5 nitrogen and oxygen atoms in total. The fraction of sp³-hybridized carbons (Fsp3) is 0.444. The molecule has 1 unspecified atom stereocenters. The predicted molar refractivity (Wildman–Crippen MR) is 103 cm³/mol. The molecule has 136 valence electrons. The van der Waals surface area contributed by atoms with E-state index in [1.54, 1.807) is 12.1 Å². The molecule has 1 aromatic heterocycles. The van der Waals surface area contributed by atoms with E-state index in [0.29, 0.717) is 33.8 Å². The van der Waals surface area contributed by atoms with Gasteiger partial charge in [0.15, 0.2) is 6.29 Å². The van der Waals surface area contributed by atoms with E-state index in [0.717, 1.165) is 5.39 Å². The van der Waals surface area contributed by atoms with Gasteiger partial charge >= 0.3 is 0 Å². The van der Waals surface area contributed by atoms with Gasteiger partial charge < -0.3 is 9.29 Å². The predicted octanol–water partition coefficient (Wildman–Crippen LogP) is 4.04. The second kappa shape index (κ2) is 7.91. The molecule has 1 aromatic carbocycles. The van der Waals surface area contributed by atoms with Crippen LogP contribution in [-0.2, 0) is 17.9 Å². The average Bonchev–Trinajstić information content (AvgIpc) is 2.51. The first kappa shape index (κ1) is 20.0. The third kappa shape index (κ3) is 5.07. The van der Waals surface area contributed by atoms with E-state index < -0.39 is 16.1 Å². The molecule has 0 aliphatic heterocycles. The highest BCUT2D eigenvalue weighted by Gasteiger charge is 2.26. The van der Waals surface area contributed by atoms with Crippen LogP contribution in [0.3, 0.4) is 0 Å². The van der Waals surface area contributed by atoms with Crippen LogP contribution >= 0.6 is 11.6 Å². The van der Waals surface area contributed by atoms with Gasteiger partial charge in [0.1, 0.15) is 16.2 Å². The largest absolute Gasteiger partial charge is 0.598 e. The molecular weight excluding hydrogens is 360 g/mol. The fourth-order valence-electron chi connectivity index (χ4n) is 2.18. The van der Waals surface area contributed by atoms with Gasteiger partial charge in [-0.15, -0.1) is 4.72 Å². The number of fused-ring (bicyclic) bond motifs is 1. The second-order valence-corrected chi connectivity index (χ2v) is 9.45. The van der Waals surface area contributed by atoms with Crippen molar-refractivity contribution in [2.75, 3.05) is 0 Å². The lowest BCUT2D eigenvalue weighted by Gasteiger charge is -2.23. The quantitative estimate of drug-likeness (QED) is 0.602. The highest BCUT2D eigenvalue weighted by molar-refractivity contribution is 7.90. The first-order valence-corrected chi connectivity index (χ1v) is 9.55. The summed E-state index contributed by atoms with van der Waals surface area (Å²) < 4.78 is 20.4. The lowest BCUT2D eigenvalue weighted by molar-refractivity contribution is 0.111. The molecule has 1 heterocycles. The molecule has 0 spiro atoms. The van der Waals surface area contributed by atoms with Gasteiger partial charge in [0.25, 0.3) is 0 Å². The summed E-state index contributed by atoms with van der Waals surface area (Å²) in [6.45, 7) is 9.74. The van der Waals surface area contributed by atoms with E-state index in [2.05, 4.69) is 9.71 Å². The molecule has 2 rings (SSSR count). The number of aldehydes is 1. The molecule has 25 heavy (non-hydrogen) atoms. The van der Waals surface area contributed by atoms with Gasteiger partial charge in [-0.3, -0.25) is 4.79 Å². The molecule has 0 aliphatic carbocycles. The second-order valence-electron chi connectivity index (χ2n) is 6.99. The first-order chi connectivity index (χ1) is 11.6. The van der Waals surface area contributed by atoms with Gasteiger partial charge in [-0.05, 0) is 46.8 Å². The Kier molecular flexibility index (Phi) is 6.32.